The van der Waals surface area contributed by atoms with Gasteiger partial charge in [0.1, 0.15) is 5.58 Å². The maximum absolute atomic E-state index is 6.57. The molecule has 8 rings (SSSR count). The van der Waals surface area contributed by atoms with Crippen molar-refractivity contribution in [3.63, 3.8) is 0 Å². The molecule has 0 fully saturated rings. The van der Waals surface area contributed by atoms with Gasteiger partial charge >= 0.3 is 0 Å². The van der Waals surface area contributed by atoms with Gasteiger partial charge in [-0.1, -0.05) is 115 Å². The molecule has 6 aromatic carbocycles. The van der Waals surface area contributed by atoms with E-state index in [1.165, 1.54) is 32.3 Å². The fraction of sp³-hybridized carbons (Fsp3) is 0. The van der Waals surface area contributed by atoms with Crippen LogP contribution in [0.15, 0.2) is 144 Å². The quantitative estimate of drug-likeness (QED) is 0.226. The first-order chi connectivity index (χ1) is 18.9. The minimum absolute atomic E-state index is 0.888. The number of para-hydroxylation sites is 4. The van der Waals surface area contributed by atoms with E-state index in [1.54, 1.807) is 0 Å². The number of furan rings is 1. The Hall–Kier alpha value is -5.08. The average Bonchev–Trinajstić information content (AvgIpc) is 3.38. The molecule has 2 aromatic heterocycles. The third kappa shape index (κ3) is 3.01. The maximum Gasteiger partial charge on any atom is 0.159 e. The largest absolute Gasteiger partial charge is 0.454 e. The molecule has 0 amide bonds. The lowest BCUT2D eigenvalue weighted by Gasteiger charge is -2.14. The third-order valence-electron chi connectivity index (χ3n) is 7.64. The van der Waals surface area contributed by atoms with Crippen molar-refractivity contribution in [2.45, 2.75) is 0 Å². The molecule has 0 bridgehead atoms. The summed E-state index contributed by atoms with van der Waals surface area (Å²) in [6, 6.07) is 49.7. The van der Waals surface area contributed by atoms with E-state index >= 15 is 0 Å². The molecule has 0 unspecified atom stereocenters. The minimum atomic E-state index is 0.888. The van der Waals surface area contributed by atoms with Gasteiger partial charge in [0, 0.05) is 21.5 Å². The monoisotopic (exact) mass is 485 g/mol. The van der Waals surface area contributed by atoms with Crippen LogP contribution in [-0.2, 0) is 0 Å². The van der Waals surface area contributed by atoms with Gasteiger partial charge in [0.2, 0.25) is 0 Å². The van der Waals surface area contributed by atoms with Crippen molar-refractivity contribution in [1.29, 1.82) is 0 Å². The first kappa shape index (κ1) is 21.0. The van der Waals surface area contributed by atoms with Crippen LogP contribution >= 0.6 is 0 Å². The van der Waals surface area contributed by atoms with Gasteiger partial charge in [0.15, 0.2) is 5.58 Å². The second kappa shape index (κ2) is 8.22. The third-order valence-corrected chi connectivity index (χ3v) is 7.64. The molecule has 0 saturated heterocycles. The van der Waals surface area contributed by atoms with E-state index in [4.69, 9.17) is 4.42 Å². The molecule has 0 aliphatic rings. The van der Waals surface area contributed by atoms with Gasteiger partial charge in [0.25, 0.3) is 0 Å². The molecular formula is C36H23NO. The van der Waals surface area contributed by atoms with Crippen LogP contribution in [-0.4, -0.2) is 4.57 Å². The van der Waals surface area contributed by atoms with Crippen LogP contribution in [0.1, 0.15) is 0 Å². The molecule has 0 radical (unpaired) electrons. The number of benzene rings is 6. The van der Waals surface area contributed by atoms with Crippen LogP contribution in [0, 0.1) is 0 Å². The van der Waals surface area contributed by atoms with Gasteiger partial charge in [-0.05, 0) is 45.8 Å². The number of fused-ring (bicyclic) bond motifs is 10. The van der Waals surface area contributed by atoms with E-state index in [2.05, 4.69) is 132 Å². The van der Waals surface area contributed by atoms with Crippen LogP contribution < -0.4 is 0 Å². The summed E-state index contributed by atoms with van der Waals surface area (Å²) >= 11 is 0. The first-order valence-electron chi connectivity index (χ1n) is 13.0. The molecule has 178 valence electrons. The van der Waals surface area contributed by atoms with Crippen molar-refractivity contribution in [3.05, 3.63) is 140 Å². The molecule has 0 aliphatic carbocycles. The minimum Gasteiger partial charge on any atom is -0.454 e. The van der Waals surface area contributed by atoms with Crippen molar-refractivity contribution in [3.8, 4) is 5.69 Å². The Labute approximate surface area is 219 Å². The zero-order valence-corrected chi connectivity index (χ0v) is 20.6. The number of rotatable bonds is 1. The van der Waals surface area contributed by atoms with E-state index < -0.39 is 0 Å². The standard InChI is InChI=1S/C36H23NO/c1-3-14-26-24(12-1)25-13-2-4-15-27(25)29-17-6-9-21-33(29)37(32-20-8-5-16-28(26)32)34-22-11-19-31-30-18-7-10-23-35(30)38-36(31)34/h1-23H. The molecule has 0 saturated carbocycles. The summed E-state index contributed by atoms with van der Waals surface area (Å²) in [6.45, 7) is 0. The van der Waals surface area contributed by atoms with Gasteiger partial charge in [-0.3, -0.25) is 0 Å². The Kier molecular flexibility index (Phi) is 4.55. The number of hydrogen-bond acceptors (Lipinski definition) is 1. The fourth-order valence-corrected chi connectivity index (χ4v) is 6.00. The van der Waals surface area contributed by atoms with Crippen molar-refractivity contribution in [2.24, 2.45) is 0 Å². The average molecular weight is 486 g/mol. The van der Waals surface area contributed by atoms with Gasteiger partial charge < -0.3 is 8.98 Å². The first-order valence-corrected chi connectivity index (χ1v) is 13.0. The Balaban J connectivity index is 1.74. The predicted octanol–water partition coefficient (Wildman–Crippen LogP) is 10.1. The topological polar surface area (TPSA) is 18.1 Å². The summed E-state index contributed by atoms with van der Waals surface area (Å²) in [6.07, 6.45) is 0. The molecular weight excluding hydrogens is 462 g/mol. The van der Waals surface area contributed by atoms with E-state index in [1.807, 2.05) is 12.1 Å². The van der Waals surface area contributed by atoms with Crippen LogP contribution in [0.4, 0.5) is 0 Å². The molecule has 38 heavy (non-hydrogen) atoms. The van der Waals surface area contributed by atoms with Gasteiger partial charge in [0.05, 0.1) is 16.7 Å². The Morgan fingerprint density at radius 1 is 0.342 bits per heavy atom. The Bertz CT molecular complexity index is 2140. The maximum atomic E-state index is 6.57. The summed E-state index contributed by atoms with van der Waals surface area (Å²) in [5.41, 5.74) is 5.05. The predicted molar refractivity (Wildman–Crippen MR) is 161 cm³/mol. The van der Waals surface area contributed by atoms with Crippen molar-refractivity contribution in [2.75, 3.05) is 0 Å². The molecule has 0 N–H and O–H groups in total. The molecule has 0 atom stereocenters. The van der Waals surface area contributed by atoms with Crippen molar-refractivity contribution in [1.82, 2.24) is 4.57 Å². The van der Waals surface area contributed by atoms with Crippen LogP contribution in [0.25, 0.3) is 71.0 Å². The highest BCUT2D eigenvalue weighted by Crippen LogP contribution is 2.37. The summed E-state index contributed by atoms with van der Waals surface area (Å²) in [4.78, 5) is 0. The second-order valence-corrected chi connectivity index (χ2v) is 9.71. The summed E-state index contributed by atoms with van der Waals surface area (Å²) < 4.78 is 8.95. The highest BCUT2D eigenvalue weighted by atomic mass is 16.3. The molecule has 2 nitrogen and oxygen atoms in total. The SMILES string of the molecule is c1ccc2c(c1)oc1c(-n3c4ccccc4c4ccccc4c4ccccc4c4ccccc43)cccc12. The lowest BCUT2D eigenvalue weighted by atomic mass is 10.0. The van der Waals surface area contributed by atoms with E-state index in [9.17, 15) is 0 Å². The number of aromatic nitrogens is 1. The zero-order chi connectivity index (χ0) is 25.1. The van der Waals surface area contributed by atoms with Crippen molar-refractivity contribution < 1.29 is 4.42 Å². The van der Waals surface area contributed by atoms with Crippen LogP contribution in [0.5, 0.6) is 0 Å². The fourth-order valence-electron chi connectivity index (χ4n) is 6.00. The molecule has 0 aliphatic heterocycles. The molecule has 2 heteroatoms. The zero-order valence-electron chi connectivity index (χ0n) is 20.6. The van der Waals surface area contributed by atoms with E-state index in [0.29, 0.717) is 0 Å². The summed E-state index contributed by atoms with van der Waals surface area (Å²) in [7, 11) is 0. The summed E-state index contributed by atoms with van der Waals surface area (Å²) in [5.74, 6) is 0. The number of nitrogens with zero attached hydrogens (tertiary/aromatic N) is 1. The second-order valence-electron chi connectivity index (χ2n) is 9.71. The van der Waals surface area contributed by atoms with Crippen molar-refractivity contribution >= 4 is 65.3 Å². The lowest BCUT2D eigenvalue weighted by molar-refractivity contribution is 0.666. The number of hydrogen-bond donors (Lipinski definition) is 0. The van der Waals surface area contributed by atoms with E-state index in [0.717, 1.165) is 38.7 Å². The van der Waals surface area contributed by atoms with E-state index in [-0.39, 0.29) is 0 Å². The van der Waals surface area contributed by atoms with Gasteiger partial charge in [-0.25, -0.2) is 0 Å². The van der Waals surface area contributed by atoms with Gasteiger partial charge in [-0.2, -0.15) is 0 Å². The van der Waals surface area contributed by atoms with Gasteiger partial charge in [-0.15, -0.1) is 0 Å². The molecule has 8 aromatic rings. The normalized spacial score (nSPS) is 11.7. The summed E-state index contributed by atoms with van der Waals surface area (Å²) in [5, 5.41) is 9.50. The highest BCUT2D eigenvalue weighted by molar-refractivity contribution is 6.20. The molecule has 2 heterocycles. The smallest absolute Gasteiger partial charge is 0.159 e. The lowest BCUT2D eigenvalue weighted by Crippen LogP contribution is -1.98. The highest BCUT2D eigenvalue weighted by Gasteiger charge is 2.15. The van der Waals surface area contributed by atoms with Crippen LogP contribution in [0.2, 0.25) is 0 Å². The molecule has 0 spiro atoms. The Morgan fingerprint density at radius 3 is 1.34 bits per heavy atom. The van der Waals surface area contributed by atoms with Crippen LogP contribution in [0.3, 0.4) is 0 Å². The Morgan fingerprint density at radius 2 is 0.763 bits per heavy atom.